The van der Waals surface area contributed by atoms with Crippen LogP contribution in [0.3, 0.4) is 0 Å². The van der Waals surface area contributed by atoms with Crippen LogP contribution < -0.4 is 9.47 Å². The van der Waals surface area contributed by atoms with Gasteiger partial charge in [0.1, 0.15) is 11.5 Å². The van der Waals surface area contributed by atoms with Crippen molar-refractivity contribution < 1.29 is 24.2 Å². The lowest BCUT2D eigenvalue weighted by Crippen LogP contribution is -2.44. The van der Waals surface area contributed by atoms with Gasteiger partial charge in [-0.1, -0.05) is 0 Å². The van der Waals surface area contributed by atoms with E-state index in [2.05, 4.69) is 0 Å². The van der Waals surface area contributed by atoms with Crippen molar-refractivity contribution in [2.75, 3.05) is 20.8 Å². The number of carboxylic acid groups (broad SMARTS) is 1. The molecule has 0 bridgehead atoms. The summed E-state index contributed by atoms with van der Waals surface area (Å²) in [5.41, 5.74) is 1.36. The number of carboxylic acids is 1. The van der Waals surface area contributed by atoms with E-state index < -0.39 is 5.97 Å². The monoisotopic (exact) mass is 335 g/mol. The van der Waals surface area contributed by atoms with Crippen LogP contribution in [0.5, 0.6) is 11.5 Å². The molecule has 1 aliphatic rings. The van der Waals surface area contributed by atoms with Crippen molar-refractivity contribution in [3.05, 3.63) is 23.3 Å². The highest BCUT2D eigenvalue weighted by Gasteiger charge is 2.28. The van der Waals surface area contributed by atoms with Crippen molar-refractivity contribution in [3.63, 3.8) is 0 Å². The number of amides is 1. The number of benzene rings is 1. The van der Waals surface area contributed by atoms with E-state index in [-0.39, 0.29) is 18.4 Å². The number of rotatable bonds is 6. The zero-order valence-electron chi connectivity index (χ0n) is 14.5. The standard InChI is InChI=1S/C18H25NO5/c1-12-15(23-2)10-13(11-16(12)24-3)18(22)19-9-5-4-6-14(19)7-8-17(20)21/h10-11,14H,4-9H2,1-3H3,(H,20,21). The molecule has 1 N–H and O–H groups in total. The number of nitrogens with zero attached hydrogens (tertiary/aromatic N) is 1. The molecule has 1 atom stereocenters. The third kappa shape index (κ3) is 3.99. The van der Waals surface area contributed by atoms with Crippen LogP contribution in [0.2, 0.25) is 0 Å². The lowest BCUT2D eigenvalue weighted by molar-refractivity contribution is -0.137. The first kappa shape index (κ1) is 18.1. The van der Waals surface area contributed by atoms with Gasteiger partial charge in [0.15, 0.2) is 0 Å². The van der Waals surface area contributed by atoms with Gasteiger partial charge in [0, 0.05) is 30.1 Å². The molecular formula is C18H25NO5. The number of carbonyl (C=O) groups excluding carboxylic acids is 1. The number of carbonyl (C=O) groups is 2. The van der Waals surface area contributed by atoms with Gasteiger partial charge in [-0.2, -0.15) is 0 Å². The van der Waals surface area contributed by atoms with Crippen LogP contribution >= 0.6 is 0 Å². The molecule has 1 saturated heterocycles. The quantitative estimate of drug-likeness (QED) is 0.865. The number of likely N-dealkylation sites (tertiary alicyclic amines) is 1. The second-order valence-electron chi connectivity index (χ2n) is 6.09. The van der Waals surface area contributed by atoms with E-state index in [1.54, 1.807) is 31.3 Å². The summed E-state index contributed by atoms with van der Waals surface area (Å²) in [6.07, 6.45) is 3.37. The summed E-state index contributed by atoms with van der Waals surface area (Å²) in [5.74, 6) is 0.293. The SMILES string of the molecule is COc1cc(C(=O)N2CCCCC2CCC(=O)O)cc(OC)c1C. The minimum Gasteiger partial charge on any atom is -0.496 e. The summed E-state index contributed by atoms with van der Waals surface area (Å²) >= 11 is 0. The summed E-state index contributed by atoms with van der Waals surface area (Å²) < 4.78 is 10.7. The minimum absolute atomic E-state index is 0.0272. The van der Waals surface area contributed by atoms with Gasteiger partial charge in [0.25, 0.3) is 5.91 Å². The second-order valence-corrected chi connectivity index (χ2v) is 6.09. The van der Waals surface area contributed by atoms with Gasteiger partial charge in [-0.15, -0.1) is 0 Å². The lowest BCUT2D eigenvalue weighted by atomic mass is 9.96. The average Bonchev–Trinajstić information content (AvgIpc) is 2.59. The Morgan fingerprint density at radius 1 is 1.21 bits per heavy atom. The first-order valence-electron chi connectivity index (χ1n) is 8.23. The number of hydrogen-bond acceptors (Lipinski definition) is 4. The van der Waals surface area contributed by atoms with Crippen LogP contribution in [0.4, 0.5) is 0 Å². The molecule has 2 rings (SSSR count). The lowest BCUT2D eigenvalue weighted by Gasteiger charge is -2.36. The highest BCUT2D eigenvalue weighted by Crippen LogP contribution is 2.31. The maximum absolute atomic E-state index is 13.0. The molecule has 0 saturated carbocycles. The van der Waals surface area contributed by atoms with Crippen molar-refractivity contribution in [2.24, 2.45) is 0 Å². The van der Waals surface area contributed by atoms with Gasteiger partial charge in [0.05, 0.1) is 14.2 Å². The van der Waals surface area contributed by atoms with Crippen molar-refractivity contribution in [3.8, 4) is 11.5 Å². The smallest absolute Gasteiger partial charge is 0.303 e. The maximum atomic E-state index is 13.0. The van der Waals surface area contributed by atoms with Crippen LogP contribution in [0.25, 0.3) is 0 Å². The summed E-state index contributed by atoms with van der Waals surface area (Å²) in [7, 11) is 3.12. The fraction of sp³-hybridized carbons (Fsp3) is 0.556. The Kier molecular flexibility index (Phi) is 6.06. The average molecular weight is 335 g/mol. The van der Waals surface area contributed by atoms with Gasteiger partial charge in [-0.3, -0.25) is 9.59 Å². The Hall–Kier alpha value is -2.24. The molecule has 6 heteroatoms. The zero-order valence-corrected chi connectivity index (χ0v) is 14.5. The number of methoxy groups -OCH3 is 2. The number of hydrogen-bond donors (Lipinski definition) is 1. The molecule has 1 aromatic carbocycles. The Bertz CT molecular complexity index is 588. The molecule has 1 fully saturated rings. The third-order valence-corrected chi connectivity index (χ3v) is 4.58. The van der Waals surface area contributed by atoms with E-state index in [1.165, 1.54) is 0 Å². The number of ether oxygens (including phenoxy) is 2. The first-order valence-corrected chi connectivity index (χ1v) is 8.23. The molecular weight excluding hydrogens is 310 g/mol. The van der Waals surface area contributed by atoms with Crippen molar-refractivity contribution >= 4 is 11.9 Å². The van der Waals surface area contributed by atoms with Crippen molar-refractivity contribution in [1.29, 1.82) is 0 Å². The van der Waals surface area contributed by atoms with Crippen LogP contribution in [0, 0.1) is 6.92 Å². The Morgan fingerprint density at radius 2 is 1.83 bits per heavy atom. The topological polar surface area (TPSA) is 76.1 Å². The summed E-state index contributed by atoms with van der Waals surface area (Å²) in [5, 5.41) is 8.92. The predicted molar refractivity (Wildman–Crippen MR) is 89.8 cm³/mol. The minimum atomic E-state index is -0.827. The van der Waals surface area contributed by atoms with E-state index in [1.807, 2.05) is 6.92 Å². The van der Waals surface area contributed by atoms with Crippen LogP contribution in [0.1, 0.15) is 48.0 Å². The molecule has 0 spiro atoms. The highest BCUT2D eigenvalue weighted by atomic mass is 16.5. The van der Waals surface area contributed by atoms with Crippen LogP contribution in [-0.4, -0.2) is 48.7 Å². The molecule has 0 radical (unpaired) electrons. The van der Waals surface area contributed by atoms with E-state index >= 15 is 0 Å². The fourth-order valence-electron chi connectivity index (χ4n) is 3.23. The highest BCUT2D eigenvalue weighted by molar-refractivity contribution is 5.95. The van der Waals surface area contributed by atoms with Crippen LogP contribution in [-0.2, 0) is 4.79 Å². The summed E-state index contributed by atoms with van der Waals surface area (Å²) in [4.78, 5) is 25.6. The predicted octanol–water partition coefficient (Wildman–Crippen LogP) is 2.87. The third-order valence-electron chi connectivity index (χ3n) is 4.58. The molecule has 6 nitrogen and oxygen atoms in total. The van der Waals surface area contributed by atoms with Crippen molar-refractivity contribution in [2.45, 2.75) is 45.1 Å². The molecule has 24 heavy (non-hydrogen) atoms. The molecule has 0 aliphatic carbocycles. The second kappa shape index (κ2) is 8.04. The molecule has 1 aromatic rings. The van der Waals surface area contributed by atoms with Gasteiger partial charge in [0.2, 0.25) is 0 Å². The Morgan fingerprint density at radius 3 is 2.38 bits per heavy atom. The van der Waals surface area contributed by atoms with Crippen molar-refractivity contribution in [1.82, 2.24) is 4.90 Å². The molecule has 1 unspecified atom stereocenters. The van der Waals surface area contributed by atoms with Crippen LogP contribution in [0.15, 0.2) is 12.1 Å². The van der Waals surface area contributed by atoms with Gasteiger partial charge < -0.3 is 19.5 Å². The Balaban J connectivity index is 2.26. The molecule has 1 aliphatic heterocycles. The Labute approximate surface area is 142 Å². The molecule has 1 heterocycles. The van der Waals surface area contributed by atoms with E-state index in [9.17, 15) is 9.59 Å². The van der Waals surface area contributed by atoms with E-state index in [0.717, 1.165) is 24.8 Å². The largest absolute Gasteiger partial charge is 0.496 e. The first-order chi connectivity index (χ1) is 11.5. The maximum Gasteiger partial charge on any atom is 0.303 e. The number of aliphatic carboxylic acids is 1. The zero-order chi connectivity index (χ0) is 17.7. The summed E-state index contributed by atoms with van der Waals surface area (Å²) in [6, 6.07) is 3.42. The van der Waals surface area contributed by atoms with E-state index in [4.69, 9.17) is 14.6 Å². The van der Waals surface area contributed by atoms with E-state index in [0.29, 0.717) is 30.0 Å². The molecule has 0 aromatic heterocycles. The fourth-order valence-corrected chi connectivity index (χ4v) is 3.23. The summed E-state index contributed by atoms with van der Waals surface area (Å²) in [6.45, 7) is 2.53. The normalized spacial score (nSPS) is 17.5. The van der Waals surface area contributed by atoms with Gasteiger partial charge in [-0.25, -0.2) is 0 Å². The number of piperidine rings is 1. The molecule has 1 amide bonds. The van der Waals surface area contributed by atoms with Gasteiger partial charge in [-0.05, 0) is 44.7 Å². The van der Waals surface area contributed by atoms with Gasteiger partial charge >= 0.3 is 5.97 Å². The molecule has 132 valence electrons.